The zero-order valence-corrected chi connectivity index (χ0v) is 12.8. The number of aryl methyl sites for hydroxylation is 4. The predicted molar refractivity (Wildman–Crippen MR) is 88.7 cm³/mol. The highest BCUT2D eigenvalue weighted by Crippen LogP contribution is 2.18. The van der Waals surface area contributed by atoms with Crippen LogP contribution < -0.4 is 0 Å². The lowest BCUT2D eigenvalue weighted by atomic mass is 10.1. The Morgan fingerprint density at radius 1 is 0.905 bits per heavy atom. The van der Waals surface area contributed by atoms with E-state index >= 15 is 0 Å². The third-order valence-corrected chi connectivity index (χ3v) is 4.12. The largest absolute Gasteiger partial charge is 0.342 e. The number of unbranched alkanes of at least 4 members (excludes halogenated alkanes) is 1. The molecular formula is C19H22N2. The summed E-state index contributed by atoms with van der Waals surface area (Å²) in [5.74, 6) is 1.11. The molecular weight excluding hydrogens is 256 g/mol. The maximum absolute atomic E-state index is 4.70. The number of hydrogen-bond donors (Lipinski definition) is 1. The highest BCUT2D eigenvalue weighted by atomic mass is 14.9. The second-order valence-electron chi connectivity index (χ2n) is 5.83. The van der Waals surface area contributed by atoms with Crippen molar-refractivity contribution in [2.75, 3.05) is 0 Å². The second-order valence-corrected chi connectivity index (χ2v) is 5.83. The minimum absolute atomic E-state index is 1.03. The molecule has 3 aromatic rings. The fourth-order valence-corrected chi connectivity index (χ4v) is 2.71. The van der Waals surface area contributed by atoms with Crippen LogP contribution >= 0.6 is 0 Å². The van der Waals surface area contributed by atoms with E-state index in [-0.39, 0.29) is 0 Å². The van der Waals surface area contributed by atoms with Crippen molar-refractivity contribution in [2.45, 2.75) is 39.5 Å². The Bertz CT molecular complexity index is 687. The van der Waals surface area contributed by atoms with Crippen LogP contribution in [0.2, 0.25) is 0 Å². The first-order chi connectivity index (χ1) is 10.2. The van der Waals surface area contributed by atoms with Crippen LogP contribution in [0.4, 0.5) is 0 Å². The van der Waals surface area contributed by atoms with E-state index in [0.29, 0.717) is 0 Å². The van der Waals surface area contributed by atoms with E-state index in [2.05, 4.69) is 61.3 Å². The van der Waals surface area contributed by atoms with E-state index in [0.717, 1.165) is 29.7 Å². The quantitative estimate of drug-likeness (QED) is 0.671. The first kappa shape index (κ1) is 13.9. The molecule has 0 aliphatic heterocycles. The van der Waals surface area contributed by atoms with Gasteiger partial charge in [0.05, 0.1) is 11.0 Å². The van der Waals surface area contributed by atoms with E-state index in [1.165, 1.54) is 29.5 Å². The van der Waals surface area contributed by atoms with E-state index in [1.807, 2.05) is 0 Å². The fraction of sp³-hybridized carbons (Fsp3) is 0.316. The van der Waals surface area contributed by atoms with E-state index in [4.69, 9.17) is 4.98 Å². The van der Waals surface area contributed by atoms with Crippen LogP contribution in [0.15, 0.2) is 42.5 Å². The van der Waals surface area contributed by atoms with Crippen molar-refractivity contribution in [3.05, 3.63) is 65.0 Å². The third-order valence-electron chi connectivity index (χ3n) is 4.12. The number of nitrogens with zero attached hydrogens (tertiary/aromatic N) is 1. The van der Waals surface area contributed by atoms with Crippen molar-refractivity contribution >= 4 is 11.0 Å². The molecule has 0 spiro atoms. The van der Waals surface area contributed by atoms with Gasteiger partial charge in [0.15, 0.2) is 0 Å². The Morgan fingerprint density at radius 2 is 1.62 bits per heavy atom. The summed E-state index contributed by atoms with van der Waals surface area (Å²) in [6, 6.07) is 15.1. The second kappa shape index (κ2) is 6.13. The molecule has 0 saturated heterocycles. The summed E-state index contributed by atoms with van der Waals surface area (Å²) in [5.41, 5.74) is 6.31. The first-order valence-corrected chi connectivity index (χ1v) is 7.72. The van der Waals surface area contributed by atoms with Gasteiger partial charge in [0, 0.05) is 6.42 Å². The van der Waals surface area contributed by atoms with Crippen LogP contribution in [-0.2, 0) is 12.8 Å². The Balaban J connectivity index is 1.58. The number of nitrogens with one attached hydrogen (secondary N) is 1. The maximum atomic E-state index is 4.70. The molecule has 0 fully saturated rings. The molecule has 0 amide bonds. The Kier molecular flexibility index (Phi) is 4.05. The lowest BCUT2D eigenvalue weighted by molar-refractivity contribution is 0.715. The molecule has 0 atom stereocenters. The van der Waals surface area contributed by atoms with Crippen LogP contribution in [0.25, 0.3) is 11.0 Å². The van der Waals surface area contributed by atoms with Crippen LogP contribution in [0.1, 0.15) is 35.4 Å². The summed E-state index contributed by atoms with van der Waals surface area (Å²) in [4.78, 5) is 8.15. The number of benzene rings is 2. The van der Waals surface area contributed by atoms with Gasteiger partial charge >= 0.3 is 0 Å². The number of imidazole rings is 1. The van der Waals surface area contributed by atoms with Gasteiger partial charge in [-0.25, -0.2) is 4.98 Å². The minimum atomic E-state index is 1.03. The highest BCUT2D eigenvalue weighted by molar-refractivity contribution is 5.77. The van der Waals surface area contributed by atoms with Crippen molar-refractivity contribution in [3.8, 4) is 0 Å². The average molecular weight is 278 g/mol. The summed E-state index contributed by atoms with van der Waals surface area (Å²) in [6.45, 7) is 4.29. The van der Waals surface area contributed by atoms with Crippen LogP contribution in [0, 0.1) is 13.8 Å². The monoisotopic (exact) mass is 278 g/mol. The molecule has 0 saturated carbocycles. The minimum Gasteiger partial charge on any atom is -0.342 e. The first-order valence-electron chi connectivity index (χ1n) is 7.72. The van der Waals surface area contributed by atoms with E-state index in [9.17, 15) is 0 Å². The fourth-order valence-electron chi connectivity index (χ4n) is 2.71. The van der Waals surface area contributed by atoms with Gasteiger partial charge < -0.3 is 4.98 Å². The van der Waals surface area contributed by atoms with Crippen LogP contribution in [0.5, 0.6) is 0 Å². The van der Waals surface area contributed by atoms with Gasteiger partial charge in [-0.05, 0) is 61.9 Å². The molecule has 108 valence electrons. The Labute approximate surface area is 126 Å². The van der Waals surface area contributed by atoms with Gasteiger partial charge in [-0.2, -0.15) is 0 Å². The molecule has 3 rings (SSSR count). The van der Waals surface area contributed by atoms with Crippen molar-refractivity contribution in [1.29, 1.82) is 0 Å². The van der Waals surface area contributed by atoms with Crippen molar-refractivity contribution < 1.29 is 0 Å². The molecule has 0 unspecified atom stereocenters. The molecule has 0 radical (unpaired) electrons. The summed E-state index contributed by atoms with van der Waals surface area (Å²) in [6.07, 6.45) is 4.56. The number of aromatic amines is 1. The van der Waals surface area contributed by atoms with Crippen molar-refractivity contribution in [2.24, 2.45) is 0 Å². The molecule has 21 heavy (non-hydrogen) atoms. The summed E-state index contributed by atoms with van der Waals surface area (Å²) in [5, 5.41) is 0. The van der Waals surface area contributed by atoms with Crippen molar-refractivity contribution in [1.82, 2.24) is 9.97 Å². The predicted octanol–water partition coefficient (Wildman–Crippen LogP) is 4.75. The number of fused-ring (bicyclic) bond motifs is 1. The average Bonchev–Trinajstić information content (AvgIpc) is 2.87. The molecule has 2 aromatic carbocycles. The standard InChI is InChI=1S/C19H22N2/c1-14-12-17-18(13-15(14)2)21-19(20-17)11-7-6-10-16-8-4-3-5-9-16/h3-5,8-9,12-13H,6-7,10-11H2,1-2H3,(H,20,21). The normalized spacial score (nSPS) is 11.1. The van der Waals surface area contributed by atoms with Gasteiger partial charge in [-0.3, -0.25) is 0 Å². The lowest BCUT2D eigenvalue weighted by Gasteiger charge is -2.00. The van der Waals surface area contributed by atoms with Gasteiger partial charge in [0.2, 0.25) is 0 Å². The third kappa shape index (κ3) is 3.33. The molecule has 0 aliphatic carbocycles. The Morgan fingerprint density at radius 3 is 2.43 bits per heavy atom. The molecule has 2 heteroatoms. The summed E-state index contributed by atoms with van der Waals surface area (Å²) >= 11 is 0. The molecule has 2 nitrogen and oxygen atoms in total. The molecule has 1 heterocycles. The summed E-state index contributed by atoms with van der Waals surface area (Å²) in [7, 11) is 0. The smallest absolute Gasteiger partial charge is 0.107 e. The van der Waals surface area contributed by atoms with Gasteiger partial charge in [0.25, 0.3) is 0 Å². The zero-order valence-electron chi connectivity index (χ0n) is 12.8. The van der Waals surface area contributed by atoms with Crippen LogP contribution in [0.3, 0.4) is 0 Å². The maximum Gasteiger partial charge on any atom is 0.107 e. The zero-order chi connectivity index (χ0) is 14.7. The SMILES string of the molecule is Cc1cc2nc(CCCCc3ccccc3)[nH]c2cc1C. The lowest BCUT2D eigenvalue weighted by Crippen LogP contribution is -1.91. The number of H-pyrrole nitrogens is 1. The molecule has 1 aromatic heterocycles. The van der Waals surface area contributed by atoms with Gasteiger partial charge in [0.1, 0.15) is 5.82 Å². The van der Waals surface area contributed by atoms with E-state index < -0.39 is 0 Å². The highest BCUT2D eigenvalue weighted by Gasteiger charge is 2.04. The number of rotatable bonds is 5. The van der Waals surface area contributed by atoms with E-state index in [1.54, 1.807) is 0 Å². The number of aromatic nitrogens is 2. The summed E-state index contributed by atoms with van der Waals surface area (Å²) < 4.78 is 0. The molecule has 0 aliphatic rings. The number of hydrogen-bond acceptors (Lipinski definition) is 1. The molecule has 1 N–H and O–H groups in total. The van der Waals surface area contributed by atoms with Gasteiger partial charge in [-0.1, -0.05) is 30.3 Å². The van der Waals surface area contributed by atoms with Gasteiger partial charge in [-0.15, -0.1) is 0 Å². The molecule has 0 bridgehead atoms. The topological polar surface area (TPSA) is 28.7 Å². The van der Waals surface area contributed by atoms with Crippen LogP contribution in [-0.4, -0.2) is 9.97 Å². The Hall–Kier alpha value is -2.09. The van der Waals surface area contributed by atoms with Crippen molar-refractivity contribution in [3.63, 3.8) is 0 Å².